The minimum atomic E-state index is -0.205. The Bertz CT molecular complexity index is 1000. The van der Waals surface area contributed by atoms with Gasteiger partial charge < -0.3 is 20.2 Å². The summed E-state index contributed by atoms with van der Waals surface area (Å²) in [6, 6.07) is 22.9. The number of nitrogens with zero attached hydrogens (tertiary/aromatic N) is 2. The van der Waals surface area contributed by atoms with Crippen LogP contribution in [0.5, 0.6) is 0 Å². The Morgan fingerprint density at radius 1 is 1.09 bits per heavy atom. The Kier molecular flexibility index (Phi) is 8.17. The number of aliphatic hydroxyl groups excluding tert-OH is 1. The van der Waals surface area contributed by atoms with Crippen LogP contribution in [0.15, 0.2) is 82.4 Å². The number of benzene rings is 2. The van der Waals surface area contributed by atoms with Gasteiger partial charge in [-0.1, -0.05) is 54.6 Å². The summed E-state index contributed by atoms with van der Waals surface area (Å²) in [6.07, 6.45) is 3.15. The fourth-order valence-corrected chi connectivity index (χ4v) is 4.17. The van der Waals surface area contributed by atoms with Gasteiger partial charge >= 0.3 is 0 Å². The van der Waals surface area contributed by atoms with Gasteiger partial charge in [-0.05, 0) is 42.2 Å². The third-order valence-electron chi connectivity index (χ3n) is 6.06. The third kappa shape index (κ3) is 6.94. The molecule has 3 aromatic rings. The van der Waals surface area contributed by atoms with Gasteiger partial charge in [0.2, 0.25) is 0 Å². The van der Waals surface area contributed by atoms with Crippen molar-refractivity contribution in [2.45, 2.75) is 45.0 Å². The number of aliphatic hydroxyl groups is 1. The smallest absolute Gasteiger partial charge is 0.192 e. The van der Waals surface area contributed by atoms with E-state index in [9.17, 15) is 5.11 Å². The molecule has 2 unspecified atom stereocenters. The summed E-state index contributed by atoms with van der Waals surface area (Å²) in [5.74, 6) is 1.74. The maximum absolute atomic E-state index is 9.87. The van der Waals surface area contributed by atoms with Gasteiger partial charge in [0.05, 0.1) is 25.0 Å². The van der Waals surface area contributed by atoms with E-state index in [4.69, 9.17) is 9.41 Å². The van der Waals surface area contributed by atoms with Gasteiger partial charge in [-0.15, -0.1) is 0 Å². The van der Waals surface area contributed by atoms with E-state index in [2.05, 4.69) is 71.0 Å². The molecule has 1 fully saturated rings. The van der Waals surface area contributed by atoms with E-state index in [1.807, 2.05) is 18.2 Å². The van der Waals surface area contributed by atoms with Gasteiger partial charge in [0.15, 0.2) is 5.96 Å². The second-order valence-corrected chi connectivity index (χ2v) is 8.64. The van der Waals surface area contributed by atoms with Gasteiger partial charge in [0.1, 0.15) is 5.76 Å². The van der Waals surface area contributed by atoms with Gasteiger partial charge in [0.25, 0.3) is 0 Å². The van der Waals surface area contributed by atoms with Gasteiger partial charge in [0, 0.05) is 32.6 Å². The van der Waals surface area contributed by atoms with Crippen molar-refractivity contribution >= 4 is 5.96 Å². The normalized spacial score (nSPS) is 17.8. The second kappa shape index (κ2) is 11.7. The van der Waals surface area contributed by atoms with Crippen LogP contribution < -0.4 is 10.6 Å². The molecule has 1 saturated heterocycles. The highest BCUT2D eigenvalue weighted by Gasteiger charge is 2.20. The monoisotopic (exact) mass is 446 g/mol. The number of guanidine groups is 1. The molecule has 1 aliphatic rings. The molecule has 1 aromatic heterocycles. The molecule has 6 heteroatoms. The summed E-state index contributed by atoms with van der Waals surface area (Å²) in [7, 11) is 0. The van der Waals surface area contributed by atoms with E-state index in [1.54, 1.807) is 6.26 Å². The zero-order valence-corrected chi connectivity index (χ0v) is 19.3. The van der Waals surface area contributed by atoms with Crippen molar-refractivity contribution < 1.29 is 9.52 Å². The van der Waals surface area contributed by atoms with Crippen molar-refractivity contribution in [2.75, 3.05) is 19.6 Å². The molecule has 0 spiro atoms. The van der Waals surface area contributed by atoms with Crippen molar-refractivity contribution in [3.63, 3.8) is 0 Å². The van der Waals surface area contributed by atoms with Crippen molar-refractivity contribution in [3.8, 4) is 0 Å². The van der Waals surface area contributed by atoms with Crippen LogP contribution in [0.25, 0.3) is 0 Å². The van der Waals surface area contributed by atoms with Crippen LogP contribution in [0.4, 0.5) is 0 Å². The van der Waals surface area contributed by atoms with E-state index >= 15 is 0 Å². The standard InChI is InChI=1S/C27H34N4O2/c1-21(22-8-3-2-4-9-22)30-27(28-15-13-26-12-7-17-33-26)29-18-23-10-5-6-11-24(23)19-31-16-14-25(32)20-31/h2-12,17,21,25,32H,13-16,18-20H2,1H3,(H2,28,29,30). The fraction of sp³-hybridized carbons (Fsp3) is 0.370. The predicted molar refractivity (Wildman–Crippen MR) is 132 cm³/mol. The van der Waals surface area contributed by atoms with Crippen LogP contribution in [-0.4, -0.2) is 41.7 Å². The summed E-state index contributed by atoms with van der Waals surface area (Å²) in [6.45, 7) is 5.99. The van der Waals surface area contributed by atoms with E-state index < -0.39 is 0 Å². The Morgan fingerprint density at radius 2 is 1.88 bits per heavy atom. The largest absolute Gasteiger partial charge is 0.469 e. The molecule has 3 N–H and O–H groups in total. The number of furan rings is 1. The summed E-state index contributed by atoms with van der Waals surface area (Å²) in [5, 5.41) is 16.9. The number of rotatable bonds is 9. The van der Waals surface area contributed by atoms with Crippen LogP contribution in [0.1, 0.15) is 41.8 Å². The lowest BCUT2D eigenvalue weighted by Crippen LogP contribution is -2.39. The van der Waals surface area contributed by atoms with Crippen LogP contribution in [0, 0.1) is 0 Å². The zero-order valence-electron chi connectivity index (χ0n) is 19.3. The van der Waals surface area contributed by atoms with Gasteiger partial charge in [-0.3, -0.25) is 4.90 Å². The first-order valence-electron chi connectivity index (χ1n) is 11.8. The zero-order chi connectivity index (χ0) is 22.9. The molecule has 2 atom stereocenters. The van der Waals surface area contributed by atoms with E-state index in [-0.39, 0.29) is 12.1 Å². The summed E-state index contributed by atoms with van der Waals surface area (Å²) in [5.41, 5.74) is 3.69. The SMILES string of the molecule is CC(NC(=NCc1ccccc1CN1CCC(O)C1)NCCc1ccco1)c1ccccc1. The Hall–Kier alpha value is -3.09. The molecule has 1 aliphatic heterocycles. The van der Waals surface area contributed by atoms with Crippen molar-refractivity contribution in [2.24, 2.45) is 4.99 Å². The number of nitrogens with one attached hydrogen (secondary N) is 2. The van der Waals surface area contributed by atoms with Crippen LogP contribution >= 0.6 is 0 Å². The van der Waals surface area contributed by atoms with E-state index in [0.29, 0.717) is 6.54 Å². The molecule has 6 nitrogen and oxygen atoms in total. The molecule has 0 bridgehead atoms. The Balaban J connectivity index is 1.44. The maximum atomic E-state index is 9.87. The molecule has 2 heterocycles. The predicted octanol–water partition coefficient (Wildman–Crippen LogP) is 3.89. The highest BCUT2D eigenvalue weighted by molar-refractivity contribution is 5.80. The Labute approximate surface area is 196 Å². The van der Waals surface area contributed by atoms with Crippen LogP contribution in [0.2, 0.25) is 0 Å². The maximum Gasteiger partial charge on any atom is 0.192 e. The summed E-state index contributed by atoms with van der Waals surface area (Å²) in [4.78, 5) is 7.24. The number of β-amino-alcohol motifs (C(OH)–C–C–N with tert-alkyl or cyclic N) is 1. The topological polar surface area (TPSA) is 73.0 Å². The number of aliphatic imine (C=N–C) groups is 1. The molecular formula is C27H34N4O2. The molecule has 33 heavy (non-hydrogen) atoms. The fourth-order valence-electron chi connectivity index (χ4n) is 4.17. The quantitative estimate of drug-likeness (QED) is 0.344. The minimum absolute atomic E-state index is 0.127. The van der Waals surface area contributed by atoms with E-state index in [1.165, 1.54) is 16.7 Å². The highest BCUT2D eigenvalue weighted by Crippen LogP contribution is 2.17. The van der Waals surface area contributed by atoms with Crippen molar-refractivity contribution in [1.29, 1.82) is 0 Å². The lowest BCUT2D eigenvalue weighted by atomic mass is 10.1. The minimum Gasteiger partial charge on any atom is -0.469 e. The third-order valence-corrected chi connectivity index (χ3v) is 6.06. The molecule has 174 valence electrons. The first-order chi connectivity index (χ1) is 16.2. The lowest BCUT2D eigenvalue weighted by molar-refractivity contribution is 0.174. The highest BCUT2D eigenvalue weighted by atomic mass is 16.3. The second-order valence-electron chi connectivity index (χ2n) is 8.64. The molecular weight excluding hydrogens is 412 g/mol. The Morgan fingerprint density at radius 3 is 2.61 bits per heavy atom. The molecule has 0 aliphatic carbocycles. The first-order valence-corrected chi connectivity index (χ1v) is 11.8. The van der Waals surface area contributed by atoms with Gasteiger partial charge in [-0.2, -0.15) is 0 Å². The number of likely N-dealkylation sites (tertiary alicyclic amines) is 1. The first kappa shape index (κ1) is 23.1. The average molecular weight is 447 g/mol. The van der Waals surface area contributed by atoms with Crippen molar-refractivity contribution in [1.82, 2.24) is 15.5 Å². The molecule has 0 saturated carbocycles. The number of hydrogen-bond donors (Lipinski definition) is 3. The lowest BCUT2D eigenvalue weighted by Gasteiger charge is -2.20. The molecule has 2 aromatic carbocycles. The number of hydrogen-bond acceptors (Lipinski definition) is 4. The average Bonchev–Trinajstić information content (AvgIpc) is 3.50. The van der Waals surface area contributed by atoms with Gasteiger partial charge in [-0.25, -0.2) is 4.99 Å². The summed E-state index contributed by atoms with van der Waals surface area (Å²) >= 11 is 0. The molecule has 0 radical (unpaired) electrons. The summed E-state index contributed by atoms with van der Waals surface area (Å²) < 4.78 is 5.46. The molecule has 0 amide bonds. The van der Waals surface area contributed by atoms with Crippen LogP contribution in [-0.2, 0) is 19.5 Å². The van der Waals surface area contributed by atoms with Crippen molar-refractivity contribution in [3.05, 3.63) is 95.4 Å². The van der Waals surface area contributed by atoms with Crippen LogP contribution in [0.3, 0.4) is 0 Å². The van der Waals surface area contributed by atoms with E-state index in [0.717, 1.165) is 50.7 Å². The molecule has 4 rings (SSSR count).